The molecule has 18 heteroatoms. The molecule has 1 saturated heterocycles. The molecule has 0 bridgehead atoms. The standard InChI is InChI=1S/C32H32ClF3N4O9S/c1-18-6-10-25(48-5)22(14-18)31(39-13-12-38(30(43)44)17-24(39)28(41)37(2)3)21-15-19(33)7-9-23(21)40(29(31)42)50(45,46)27-11-8-20(47-4)16-26(27)49-32(34,35)36/h6-11,14-16,24H,12-13,17H2,1-5H3,(H,43,44). The first-order valence-electron chi connectivity index (χ1n) is 14.8. The Balaban J connectivity index is 1.88. The SMILES string of the molecule is COc1ccc(S(=O)(=O)N2C(=O)C(c3cc(C)ccc3OC)(N3CCN(C(=O)O)CC3C(=O)N(C)C)c3cc(Cl)ccc32)c(OC(F)(F)F)c1. The number of hydrogen-bond donors (Lipinski definition) is 1. The van der Waals surface area contributed by atoms with E-state index in [-0.39, 0.29) is 46.4 Å². The summed E-state index contributed by atoms with van der Waals surface area (Å²) in [5, 5.41) is 9.94. The maximum absolute atomic E-state index is 15.4. The number of ether oxygens (including phenoxy) is 3. The number of carbonyl (C=O) groups is 3. The molecule has 2 aliphatic heterocycles. The number of benzene rings is 3. The molecule has 2 atom stereocenters. The number of halogens is 4. The summed E-state index contributed by atoms with van der Waals surface area (Å²) in [6, 6.07) is 9.87. The molecule has 1 fully saturated rings. The van der Waals surface area contributed by atoms with Gasteiger partial charge < -0.3 is 29.1 Å². The lowest BCUT2D eigenvalue weighted by atomic mass is 9.79. The molecule has 2 unspecified atom stereocenters. The van der Waals surface area contributed by atoms with Gasteiger partial charge in [0.2, 0.25) is 5.91 Å². The highest BCUT2D eigenvalue weighted by Gasteiger charge is 2.63. The number of anilines is 1. The number of amides is 3. The molecule has 2 heterocycles. The van der Waals surface area contributed by atoms with E-state index in [1.54, 1.807) is 19.1 Å². The first-order chi connectivity index (χ1) is 23.4. The first kappa shape index (κ1) is 36.5. The second-order valence-corrected chi connectivity index (χ2v) is 13.9. The first-order valence-corrected chi connectivity index (χ1v) is 16.6. The molecule has 3 aromatic carbocycles. The normalized spacial score (nSPS) is 19.6. The molecular formula is C32H32ClF3N4O9S. The van der Waals surface area contributed by atoms with Crippen molar-refractivity contribution in [3.05, 3.63) is 76.3 Å². The van der Waals surface area contributed by atoms with Crippen LogP contribution < -0.4 is 18.5 Å². The third-order valence-electron chi connectivity index (χ3n) is 8.51. The minimum atomic E-state index is -5.33. The number of piperazine rings is 1. The fourth-order valence-electron chi connectivity index (χ4n) is 6.38. The third kappa shape index (κ3) is 6.13. The molecule has 50 heavy (non-hydrogen) atoms. The Morgan fingerprint density at radius 2 is 1.68 bits per heavy atom. The van der Waals surface area contributed by atoms with E-state index in [9.17, 15) is 36.3 Å². The highest BCUT2D eigenvalue weighted by Crippen LogP contribution is 2.55. The molecule has 13 nitrogen and oxygen atoms in total. The van der Waals surface area contributed by atoms with E-state index in [1.165, 1.54) is 55.3 Å². The van der Waals surface area contributed by atoms with Crippen LogP contribution in [-0.2, 0) is 25.2 Å². The van der Waals surface area contributed by atoms with Gasteiger partial charge in [-0.2, -0.15) is 0 Å². The van der Waals surface area contributed by atoms with E-state index in [2.05, 4.69) is 4.74 Å². The maximum Gasteiger partial charge on any atom is 0.573 e. The zero-order valence-electron chi connectivity index (χ0n) is 27.3. The molecule has 3 amide bonds. The highest BCUT2D eigenvalue weighted by molar-refractivity contribution is 7.93. The Morgan fingerprint density at radius 1 is 0.980 bits per heavy atom. The molecule has 0 aliphatic carbocycles. The van der Waals surface area contributed by atoms with Gasteiger partial charge in [0.1, 0.15) is 22.4 Å². The van der Waals surface area contributed by atoms with E-state index in [4.69, 9.17) is 21.1 Å². The Hall–Kier alpha value is -4.74. The van der Waals surface area contributed by atoms with Gasteiger partial charge in [0.25, 0.3) is 15.9 Å². The van der Waals surface area contributed by atoms with Gasteiger partial charge in [-0.05, 0) is 49.4 Å². The lowest BCUT2D eigenvalue weighted by Crippen LogP contribution is -2.68. The van der Waals surface area contributed by atoms with Crippen molar-refractivity contribution in [2.45, 2.75) is 29.8 Å². The van der Waals surface area contributed by atoms with E-state index < -0.39 is 63.1 Å². The predicted octanol–water partition coefficient (Wildman–Crippen LogP) is 4.30. The number of likely N-dealkylation sites (N-methyl/N-ethyl adjacent to an activating group) is 1. The summed E-state index contributed by atoms with van der Waals surface area (Å²) in [4.78, 5) is 44.0. The average Bonchev–Trinajstić information content (AvgIpc) is 3.31. The van der Waals surface area contributed by atoms with Crippen molar-refractivity contribution < 1.29 is 55.3 Å². The molecule has 5 rings (SSSR count). The summed E-state index contributed by atoms with van der Waals surface area (Å²) in [6.45, 7) is 0.803. The van der Waals surface area contributed by atoms with Crippen LogP contribution in [0.5, 0.6) is 17.2 Å². The monoisotopic (exact) mass is 740 g/mol. The molecule has 3 aromatic rings. The van der Waals surface area contributed by atoms with E-state index in [1.807, 2.05) is 0 Å². The minimum Gasteiger partial charge on any atom is -0.497 e. The van der Waals surface area contributed by atoms with Gasteiger partial charge in [-0.3, -0.25) is 14.5 Å². The zero-order valence-corrected chi connectivity index (χ0v) is 28.9. The van der Waals surface area contributed by atoms with Crippen LogP contribution in [0.4, 0.5) is 23.7 Å². The number of methoxy groups -OCH3 is 2. The lowest BCUT2D eigenvalue weighted by Gasteiger charge is -2.49. The number of rotatable bonds is 8. The molecule has 0 aromatic heterocycles. The van der Waals surface area contributed by atoms with Gasteiger partial charge in [-0.15, -0.1) is 13.2 Å². The topological polar surface area (TPSA) is 146 Å². The van der Waals surface area contributed by atoms with Crippen LogP contribution in [0.25, 0.3) is 0 Å². The van der Waals surface area contributed by atoms with Crippen molar-refractivity contribution in [1.29, 1.82) is 0 Å². The molecule has 0 spiro atoms. The Labute approximate surface area is 290 Å². The number of carbonyl (C=O) groups excluding carboxylic acids is 2. The molecule has 0 radical (unpaired) electrons. The van der Waals surface area contributed by atoms with Crippen molar-refractivity contribution in [1.82, 2.24) is 14.7 Å². The van der Waals surface area contributed by atoms with Crippen molar-refractivity contribution in [3.63, 3.8) is 0 Å². The van der Waals surface area contributed by atoms with Gasteiger partial charge in [0, 0.05) is 55.9 Å². The second kappa shape index (κ2) is 13.2. The Kier molecular flexibility index (Phi) is 9.64. The molecule has 0 saturated carbocycles. The number of fused-ring (bicyclic) bond motifs is 1. The summed E-state index contributed by atoms with van der Waals surface area (Å²) in [6.07, 6.45) is -6.66. The van der Waals surface area contributed by atoms with E-state index in [0.717, 1.165) is 30.2 Å². The summed E-state index contributed by atoms with van der Waals surface area (Å²) in [5.74, 6) is -3.07. The molecule has 2 aliphatic rings. The highest BCUT2D eigenvalue weighted by atomic mass is 35.5. The number of carboxylic acid groups (broad SMARTS) is 1. The number of nitrogens with zero attached hydrogens (tertiary/aromatic N) is 4. The van der Waals surface area contributed by atoms with Crippen LogP contribution in [-0.4, -0.2) is 106 Å². The van der Waals surface area contributed by atoms with Crippen LogP contribution in [0.1, 0.15) is 16.7 Å². The third-order valence-corrected chi connectivity index (χ3v) is 10.5. The number of aryl methyl sites for hydroxylation is 1. The van der Waals surface area contributed by atoms with Crippen molar-refractivity contribution >= 4 is 45.2 Å². The van der Waals surface area contributed by atoms with Gasteiger partial charge in [0.15, 0.2) is 11.3 Å². The summed E-state index contributed by atoms with van der Waals surface area (Å²) >= 11 is 6.50. The zero-order chi connectivity index (χ0) is 36.9. The van der Waals surface area contributed by atoms with Gasteiger partial charge in [-0.25, -0.2) is 17.5 Å². The second-order valence-electron chi connectivity index (χ2n) is 11.7. The average molecular weight is 741 g/mol. The van der Waals surface area contributed by atoms with Crippen LogP contribution in [0.15, 0.2) is 59.5 Å². The molecular weight excluding hydrogens is 709 g/mol. The Morgan fingerprint density at radius 3 is 2.28 bits per heavy atom. The van der Waals surface area contributed by atoms with Crippen LogP contribution in [0.3, 0.4) is 0 Å². The van der Waals surface area contributed by atoms with Crippen LogP contribution >= 0.6 is 11.6 Å². The van der Waals surface area contributed by atoms with Gasteiger partial charge in [-0.1, -0.05) is 23.2 Å². The molecule has 268 valence electrons. The summed E-state index contributed by atoms with van der Waals surface area (Å²) in [7, 11) is 0.0679. The number of sulfonamides is 1. The summed E-state index contributed by atoms with van der Waals surface area (Å²) in [5.41, 5.74) is -1.92. The smallest absolute Gasteiger partial charge is 0.497 e. The van der Waals surface area contributed by atoms with Crippen molar-refractivity contribution in [2.24, 2.45) is 0 Å². The largest absolute Gasteiger partial charge is 0.573 e. The number of alkyl halides is 3. The predicted molar refractivity (Wildman–Crippen MR) is 173 cm³/mol. The van der Waals surface area contributed by atoms with Gasteiger partial charge >= 0.3 is 12.5 Å². The maximum atomic E-state index is 15.4. The minimum absolute atomic E-state index is 0.0467. The van der Waals surface area contributed by atoms with Crippen LogP contribution in [0, 0.1) is 6.92 Å². The Bertz CT molecular complexity index is 1980. The molecule has 1 N–H and O–H groups in total. The van der Waals surface area contributed by atoms with E-state index >= 15 is 4.79 Å². The fraction of sp³-hybridized carbons (Fsp3) is 0.344. The van der Waals surface area contributed by atoms with Gasteiger partial charge in [0.05, 0.1) is 19.9 Å². The van der Waals surface area contributed by atoms with Crippen LogP contribution in [0.2, 0.25) is 5.02 Å². The van der Waals surface area contributed by atoms with Crippen molar-refractivity contribution in [2.75, 3.05) is 52.3 Å². The summed E-state index contributed by atoms with van der Waals surface area (Å²) < 4.78 is 85.3. The lowest BCUT2D eigenvalue weighted by molar-refractivity contribution is -0.275. The van der Waals surface area contributed by atoms with Crippen molar-refractivity contribution in [3.8, 4) is 17.2 Å². The fourth-order valence-corrected chi connectivity index (χ4v) is 8.11. The number of hydrogen-bond acceptors (Lipinski definition) is 9. The quantitative estimate of drug-likeness (QED) is 0.355. The van der Waals surface area contributed by atoms with E-state index in [0.29, 0.717) is 9.87 Å².